The van der Waals surface area contributed by atoms with Gasteiger partial charge in [0.2, 0.25) is 0 Å². The Morgan fingerprint density at radius 1 is 1.47 bits per heavy atom. The van der Waals surface area contributed by atoms with E-state index in [2.05, 4.69) is 0 Å². The summed E-state index contributed by atoms with van der Waals surface area (Å²) < 4.78 is 5.27. The van der Waals surface area contributed by atoms with Crippen molar-refractivity contribution in [2.45, 2.75) is 18.9 Å². The van der Waals surface area contributed by atoms with Crippen LogP contribution in [0.15, 0.2) is 24.3 Å². The number of methoxy groups -OCH3 is 1. The lowest BCUT2D eigenvalue weighted by Gasteiger charge is -2.23. The first-order chi connectivity index (χ1) is 7.23. The summed E-state index contributed by atoms with van der Waals surface area (Å²) in [5.74, 6) is 0.810. The van der Waals surface area contributed by atoms with Gasteiger partial charge >= 0.3 is 0 Å². The Labute approximate surface area is 89.9 Å². The van der Waals surface area contributed by atoms with Crippen LogP contribution in [0.5, 0.6) is 5.75 Å². The summed E-state index contributed by atoms with van der Waals surface area (Å²) in [5, 5.41) is 9.33. The smallest absolute Gasteiger partial charge is 0.123 e. The maximum absolute atomic E-state index is 9.33. The summed E-state index contributed by atoms with van der Waals surface area (Å²) in [5.41, 5.74) is 7.07. The number of aliphatic hydroxyl groups is 1. The number of rotatable bonds is 4. The highest BCUT2D eigenvalue weighted by Gasteiger charge is 2.48. The first-order valence-electron chi connectivity index (χ1n) is 5.23. The summed E-state index contributed by atoms with van der Waals surface area (Å²) in [6, 6.07) is 7.62. The molecule has 1 atom stereocenters. The van der Waals surface area contributed by atoms with Gasteiger partial charge < -0.3 is 15.6 Å². The van der Waals surface area contributed by atoms with E-state index in [1.165, 1.54) is 0 Å². The average Bonchev–Trinajstić information content (AvgIpc) is 3.09. The fraction of sp³-hybridized carbons (Fsp3) is 0.500. The monoisotopic (exact) mass is 207 g/mol. The summed E-state index contributed by atoms with van der Waals surface area (Å²) in [6.45, 7) is 0.159. The van der Waals surface area contributed by atoms with E-state index in [9.17, 15) is 5.11 Å². The third-order valence-corrected chi connectivity index (χ3v) is 3.34. The first kappa shape index (κ1) is 10.5. The maximum atomic E-state index is 9.33. The van der Waals surface area contributed by atoms with Crippen LogP contribution in [0.4, 0.5) is 0 Å². The first-order valence-corrected chi connectivity index (χ1v) is 5.23. The fourth-order valence-electron chi connectivity index (χ4n) is 1.98. The van der Waals surface area contributed by atoms with E-state index in [0.717, 1.165) is 24.2 Å². The molecule has 0 heterocycles. The summed E-state index contributed by atoms with van der Waals surface area (Å²) in [7, 11) is 1.64. The number of nitrogens with two attached hydrogens (primary N) is 1. The Kier molecular flexibility index (Phi) is 2.67. The highest BCUT2D eigenvalue weighted by molar-refractivity contribution is 5.37. The van der Waals surface area contributed by atoms with Crippen molar-refractivity contribution in [1.29, 1.82) is 0 Å². The van der Waals surface area contributed by atoms with Crippen molar-refractivity contribution in [3.8, 4) is 5.75 Å². The molecule has 82 valence electrons. The van der Waals surface area contributed by atoms with Gasteiger partial charge in [0, 0.05) is 17.0 Å². The number of hydrogen-bond acceptors (Lipinski definition) is 3. The third kappa shape index (κ3) is 1.73. The quantitative estimate of drug-likeness (QED) is 0.786. The molecule has 0 spiro atoms. The predicted octanol–water partition coefficient (Wildman–Crippen LogP) is 1.47. The van der Waals surface area contributed by atoms with Crippen LogP contribution in [0.25, 0.3) is 0 Å². The van der Waals surface area contributed by atoms with Crippen LogP contribution in [0.1, 0.15) is 24.4 Å². The van der Waals surface area contributed by atoms with Gasteiger partial charge in [-0.15, -0.1) is 0 Å². The zero-order valence-electron chi connectivity index (χ0n) is 8.94. The van der Waals surface area contributed by atoms with Crippen molar-refractivity contribution < 1.29 is 9.84 Å². The highest BCUT2D eigenvalue weighted by atomic mass is 16.5. The number of benzene rings is 1. The zero-order valence-corrected chi connectivity index (χ0v) is 8.94. The molecule has 1 aliphatic rings. The Balaban J connectivity index is 2.29. The summed E-state index contributed by atoms with van der Waals surface area (Å²) in [6.07, 6.45) is 2.01. The van der Waals surface area contributed by atoms with Gasteiger partial charge in [-0.1, -0.05) is 18.2 Å². The number of aliphatic hydroxyl groups excluding tert-OH is 1. The molecule has 0 aliphatic heterocycles. The van der Waals surface area contributed by atoms with Crippen molar-refractivity contribution in [3.63, 3.8) is 0 Å². The predicted molar refractivity (Wildman–Crippen MR) is 58.7 cm³/mol. The Hall–Kier alpha value is -1.06. The zero-order chi connectivity index (χ0) is 10.9. The number of para-hydroxylation sites is 1. The van der Waals surface area contributed by atoms with Crippen molar-refractivity contribution >= 4 is 0 Å². The molecular weight excluding hydrogens is 190 g/mol. The van der Waals surface area contributed by atoms with Gasteiger partial charge in [0.1, 0.15) is 5.75 Å². The molecule has 1 aromatic carbocycles. The molecule has 0 aromatic heterocycles. The van der Waals surface area contributed by atoms with Gasteiger partial charge in [0.25, 0.3) is 0 Å². The minimum atomic E-state index is -0.126. The Bertz CT molecular complexity index is 347. The molecule has 3 heteroatoms. The average molecular weight is 207 g/mol. The van der Waals surface area contributed by atoms with E-state index in [1.54, 1.807) is 7.11 Å². The minimum absolute atomic E-state index is 0.103. The van der Waals surface area contributed by atoms with E-state index >= 15 is 0 Å². The van der Waals surface area contributed by atoms with E-state index in [4.69, 9.17) is 10.5 Å². The van der Waals surface area contributed by atoms with Crippen LogP contribution in [0.2, 0.25) is 0 Å². The molecular formula is C12H17NO2. The van der Waals surface area contributed by atoms with E-state index in [-0.39, 0.29) is 18.1 Å². The molecule has 0 amide bonds. The molecule has 1 saturated carbocycles. The lowest BCUT2D eigenvalue weighted by molar-refractivity contribution is 0.186. The van der Waals surface area contributed by atoms with Crippen LogP contribution in [-0.4, -0.2) is 18.8 Å². The highest BCUT2D eigenvalue weighted by Crippen LogP contribution is 2.54. The summed E-state index contributed by atoms with van der Waals surface area (Å²) in [4.78, 5) is 0. The van der Waals surface area contributed by atoms with Crippen molar-refractivity contribution in [2.24, 2.45) is 11.1 Å². The lowest BCUT2D eigenvalue weighted by Crippen LogP contribution is -2.26. The van der Waals surface area contributed by atoms with Crippen LogP contribution in [0, 0.1) is 5.41 Å². The van der Waals surface area contributed by atoms with E-state index in [1.807, 2.05) is 24.3 Å². The molecule has 0 saturated heterocycles. The maximum Gasteiger partial charge on any atom is 0.123 e. The van der Waals surface area contributed by atoms with Gasteiger partial charge in [0.05, 0.1) is 13.7 Å². The molecule has 15 heavy (non-hydrogen) atoms. The molecule has 0 bridgehead atoms. The molecule has 3 N–H and O–H groups in total. The largest absolute Gasteiger partial charge is 0.496 e. The van der Waals surface area contributed by atoms with Crippen molar-refractivity contribution in [3.05, 3.63) is 29.8 Å². The van der Waals surface area contributed by atoms with E-state index in [0.29, 0.717) is 0 Å². The topological polar surface area (TPSA) is 55.5 Å². The Morgan fingerprint density at radius 2 is 2.13 bits per heavy atom. The molecule has 0 radical (unpaired) electrons. The number of hydrogen-bond donors (Lipinski definition) is 2. The van der Waals surface area contributed by atoms with E-state index < -0.39 is 0 Å². The van der Waals surface area contributed by atoms with Crippen molar-refractivity contribution in [2.75, 3.05) is 13.7 Å². The second-order valence-corrected chi connectivity index (χ2v) is 4.24. The minimum Gasteiger partial charge on any atom is -0.496 e. The number of ether oxygens (including phenoxy) is 1. The standard InChI is InChI=1S/C12H17NO2/c1-15-10-5-3-2-4-9(10)11(13)12(8-14)6-7-12/h2-5,11,14H,6-8,13H2,1H3. The summed E-state index contributed by atoms with van der Waals surface area (Å²) >= 11 is 0. The van der Waals surface area contributed by atoms with Crippen LogP contribution < -0.4 is 10.5 Å². The van der Waals surface area contributed by atoms with Crippen molar-refractivity contribution in [1.82, 2.24) is 0 Å². The second kappa shape index (κ2) is 3.83. The molecule has 3 nitrogen and oxygen atoms in total. The van der Waals surface area contributed by atoms with Gasteiger partial charge in [-0.05, 0) is 18.9 Å². The third-order valence-electron chi connectivity index (χ3n) is 3.34. The van der Waals surface area contributed by atoms with Gasteiger partial charge in [-0.3, -0.25) is 0 Å². The van der Waals surface area contributed by atoms with Gasteiger partial charge in [0.15, 0.2) is 0 Å². The second-order valence-electron chi connectivity index (χ2n) is 4.24. The molecule has 2 rings (SSSR count). The molecule has 1 aliphatic carbocycles. The SMILES string of the molecule is COc1ccccc1C(N)C1(CO)CC1. The van der Waals surface area contributed by atoms with Gasteiger partial charge in [-0.2, -0.15) is 0 Å². The lowest BCUT2D eigenvalue weighted by atomic mass is 9.91. The molecule has 1 aromatic rings. The molecule has 1 unspecified atom stereocenters. The van der Waals surface area contributed by atoms with Crippen LogP contribution in [-0.2, 0) is 0 Å². The normalized spacial score (nSPS) is 19.7. The Morgan fingerprint density at radius 3 is 2.67 bits per heavy atom. The van der Waals surface area contributed by atoms with Gasteiger partial charge in [-0.25, -0.2) is 0 Å². The fourth-order valence-corrected chi connectivity index (χ4v) is 1.98. The van der Waals surface area contributed by atoms with Crippen LogP contribution >= 0.6 is 0 Å². The van der Waals surface area contributed by atoms with Crippen LogP contribution in [0.3, 0.4) is 0 Å². The molecule has 1 fully saturated rings.